The van der Waals surface area contributed by atoms with Crippen LogP contribution in [0.25, 0.3) is 0 Å². The first-order valence-corrected chi connectivity index (χ1v) is 6.58. The van der Waals surface area contributed by atoms with Gasteiger partial charge in [0.1, 0.15) is 4.90 Å². The normalized spacial score (nSPS) is 13.1. The Morgan fingerprint density at radius 3 is 2.82 bits per heavy atom. The van der Waals surface area contributed by atoms with Gasteiger partial charge in [-0.3, -0.25) is 0 Å². The lowest BCUT2D eigenvalue weighted by atomic mass is 10.2. The summed E-state index contributed by atoms with van der Waals surface area (Å²) in [6.07, 6.45) is 0. The van der Waals surface area contributed by atoms with Crippen molar-refractivity contribution in [3.8, 4) is 6.07 Å². The van der Waals surface area contributed by atoms with Crippen LogP contribution in [-0.2, 0) is 10.0 Å². The summed E-state index contributed by atoms with van der Waals surface area (Å²) in [7, 11) is -3.98. The van der Waals surface area contributed by atoms with E-state index >= 15 is 0 Å². The molecule has 4 nitrogen and oxygen atoms in total. The molecule has 0 aliphatic heterocycles. The van der Waals surface area contributed by atoms with Gasteiger partial charge in [0.2, 0.25) is 10.0 Å². The summed E-state index contributed by atoms with van der Waals surface area (Å²) in [5, 5.41) is 8.26. The van der Waals surface area contributed by atoms with E-state index in [-0.39, 0.29) is 11.6 Å². The Bertz CT molecular complexity index is 554. The molecule has 0 aliphatic rings. The molecule has 1 rings (SSSR count). The van der Waals surface area contributed by atoms with Crippen molar-refractivity contribution in [1.29, 1.82) is 5.26 Å². The lowest BCUT2D eigenvalue weighted by molar-refractivity contribution is 0.551. The zero-order chi connectivity index (χ0) is 13.1. The fourth-order valence-corrected chi connectivity index (χ4v) is 2.51. The quantitative estimate of drug-likeness (QED) is 0.913. The zero-order valence-corrected chi connectivity index (χ0v) is 10.5. The molecular formula is C10H10ClFN2O2S. The first-order chi connectivity index (χ1) is 7.88. The van der Waals surface area contributed by atoms with Crippen LogP contribution in [0.4, 0.5) is 4.39 Å². The highest BCUT2D eigenvalue weighted by Gasteiger charge is 2.20. The molecule has 0 aromatic heterocycles. The number of rotatable bonds is 4. The average molecular weight is 277 g/mol. The molecule has 1 aromatic rings. The van der Waals surface area contributed by atoms with Gasteiger partial charge in [0, 0.05) is 6.54 Å². The maximum absolute atomic E-state index is 13.5. The van der Waals surface area contributed by atoms with E-state index in [1.54, 1.807) is 6.92 Å². The summed E-state index contributed by atoms with van der Waals surface area (Å²) in [5.41, 5.74) is 0. The average Bonchev–Trinajstić information content (AvgIpc) is 2.29. The predicted molar refractivity (Wildman–Crippen MR) is 61.4 cm³/mol. The molecule has 0 heterocycles. The Morgan fingerprint density at radius 1 is 1.59 bits per heavy atom. The summed E-state index contributed by atoms with van der Waals surface area (Å²) in [6.45, 7) is 1.47. The van der Waals surface area contributed by atoms with Gasteiger partial charge in [-0.15, -0.1) is 0 Å². The van der Waals surface area contributed by atoms with E-state index in [0.29, 0.717) is 0 Å². The molecule has 92 valence electrons. The third-order valence-corrected chi connectivity index (χ3v) is 3.74. The van der Waals surface area contributed by atoms with Gasteiger partial charge in [-0.2, -0.15) is 5.26 Å². The van der Waals surface area contributed by atoms with Gasteiger partial charge in [0.25, 0.3) is 0 Å². The Labute approximate surface area is 104 Å². The van der Waals surface area contributed by atoms with Crippen LogP contribution in [0.3, 0.4) is 0 Å². The Balaban J connectivity index is 2.99. The van der Waals surface area contributed by atoms with E-state index in [0.717, 1.165) is 6.07 Å². The van der Waals surface area contributed by atoms with Crippen molar-refractivity contribution in [2.24, 2.45) is 5.92 Å². The molecule has 0 spiro atoms. The Morgan fingerprint density at radius 2 is 2.24 bits per heavy atom. The van der Waals surface area contributed by atoms with Crippen LogP contribution >= 0.6 is 11.6 Å². The summed E-state index contributed by atoms with van der Waals surface area (Å²) >= 11 is 5.49. The largest absolute Gasteiger partial charge is 0.243 e. The van der Waals surface area contributed by atoms with Gasteiger partial charge in [0.15, 0.2) is 5.82 Å². The standard InChI is InChI=1S/C10H10ClFN2O2S/c1-7(5-13)6-14-17(15,16)9-4-2-3-8(11)10(9)12/h2-4,7,14H,6H2,1H3. The molecule has 1 N–H and O–H groups in total. The Kier molecular flexibility index (Phi) is 4.46. The van der Waals surface area contributed by atoms with Crippen LogP contribution in [0.1, 0.15) is 6.92 Å². The molecule has 7 heteroatoms. The minimum Gasteiger partial charge on any atom is -0.210 e. The summed E-state index contributed by atoms with van der Waals surface area (Å²) in [4.78, 5) is -0.518. The van der Waals surface area contributed by atoms with E-state index < -0.39 is 26.7 Å². The highest BCUT2D eigenvalue weighted by molar-refractivity contribution is 7.89. The number of nitrogens with one attached hydrogen (secondary N) is 1. The van der Waals surface area contributed by atoms with Crippen LogP contribution in [0, 0.1) is 23.1 Å². The van der Waals surface area contributed by atoms with E-state index in [2.05, 4.69) is 4.72 Å². The number of halogens is 2. The van der Waals surface area contributed by atoms with E-state index in [4.69, 9.17) is 16.9 Å². The van der Waals surface area contributed by atoms with Crippen LogP contribution in [-0.4, -0.2) is 15.0 Å². The maximum Gasteiger partial charge on any atom is 0.243 e. The molecule has 0 radical (unpaired) electrons. The van der Waals surface area contributed by atoms with Gasteiger partial charge in [-0.25, -0.2) is 17.5 Å². The molecule has 17 heavy (non-hydrogen) atoms. The number of nitriles is 1. The molecule has 1 aromatic carbocycles. The molecule has 0 fully saturated rings. The molecule has 0 saturated carbocycles. The number of hydrogen-bond donors (Lipinski definition) is 1. The second-order valence-electron chi connectivity index (χ2n) is 3.43. The van der Waals surface area contributed by atoms with Gasteiger partial charge < -0.3 is 0 Å². The molecule has 0 aliphatic carbocycles. The van der Waals surface area contributed by atoms with Gasteiger partial charge in [-0.1, -0.05) is 17.7 Å². The van der Waals surface area contributed by atoms with Gasteiger partial charge >= 0.3 is 0 Å². The first-order valence-electron chi connectivity index (χ1n) is 4.71. The molecule has 1 unspecified atom stereocenters. The Hall–Kier alpha value is -1.16. The fraction of sp³-hybridized carbons (Fsp3) is 0.300. The van der Waals surface area contributed by atoms with Crippen molar-refractivity contribution < 1.29 is 12.8 Å². The SMILES string of the molecule is CC(C#N)CNS(=O)(=O)c1cccc(Cl)c1F. The van der Waals surface area contributed by atoms with Crippen LogP contribution < -0.4 is 4.72 Å². The fourth-order valence-electron chi connectivity index (χ4n) is 1.05. The van der Waals surface area contributed by atoms with Crippen molar-refractivity contribution in [2.75, 3.05) is 6.54 Å². The first kappa shape index (κ1) is 13.9. The van der Waals surface area contributed by atoms with Crippen molar-refractivity contribution in [3.05, 3.63) is 29.0 Å². The van der Waals surface area contributed by atoms with Gasteiger partial charge in [-0.05, 0) is 19.1 Å². The van der Waals surface area contributed by atoms with E-state index in [1.807, 2.05) is 6.07 Å². The molecule has 1 atom stereocenters. The van der Waals surface area contributed by atoms with E-state index in [9.17, 15) is 12.8 Å². The molecule has 0 saturated heterocycles. The summed E-state index contributed by atoms with van der Waals surface area (Å²) < 4.78 is 39.0. The smallest absolute Gasteiger partial charge is 0.210 e. The number of nitrogens with zero attached hydrogens (tertiary/aromatic N) is 1. The lowest BCUT2D eigenvalue weighted by Crippen LogP contribution is -2.28. The predicted octanol–water partition coefficient (Wildman–Crippen LogP) is 1.92. The zero-order valence-electron chi connectivity index (χ0n) is 8.94. The minimum atomic E-state index is -3.98. The van der Waals surface area contributed by atoms with E-state index in [1.165, 1.54) is 12.1 Å². The molecular weight excluding hydrogens is 267 g/mol. The number of sulfonamides is 1. The van der Waals surface area contributed by atoms with Gasteiger partial charge in [0.05, 0.1) is 17.0 Å². The van der Waals surface area contributed by atoms with Crippen LogP contribution in [0.2, 0.25) is 5.02 Å². The lowest BCUT2D eigenvalue weighted by Gasteiger charge is -2.08. The third kappa shape index (κ3) is 3.40. The second-order valence-corrected chi connectivity index (χ2v) is 5.58. The molecule has 0 bridgehead atoms. The van der Waals surface area contributed by atoms with Crippen molar-refractivity contribution >= 4 is 21.6 Å². The van der Waals surface area contributed by atoms with Crippen molar-refractivity contribution in [3.63, 3.8) is 0 Å². The van der Waals surface area contributed by atoms with Crippen LogP contribution in [0.5, 0.6) is 0 Å². The summed E-state index contributed by atoms with van der Waals surface area (Å²) in [5.74, 6) is -1.49. The second kappa shape index (κ2) is 5.45. The number of hydrogen-bond acceptors (Lipinski definition) is 3. The highest BCUT2D eigenvalue weighted by atomic mass is 35.5. The van der Waals surface area contributed by atoms with Crippen molar-refractivity contribution in [1.82, 2.24) is 4.72 Å². The van der Waals surface area contributed by atoms with Crippen molar-refractivity contribution in [2.45, 2.75) is 11.8 Å². The van der Waals surface area contributed by atoms with Crippen LogP contribution in [0.15, 0.2) is 23.1 Å². The number of benzene rings is 1. The minimum absolute atomic E-state index is 0.0786. The maximum atomic E-state index is 13.5. The topological polar surface area (TPSA) is 70.0 Å². The molecule has 0 amide bonds. The highest BCUT2D eigenvalue weighted by Crippen LogP contribution is 2.21. The third-order valence-electron chi connectivity index (χ3n) is 2.01. The monoisotopic (exact) mass is 276 g/mol. The summed E-state index contributed by atoms with van der Waals surface area (Å²) in [6, 6.07) is 5.58.